The van der Waals surface area contributed by atoms with E-state index in [9.17, 15) is 8.42 Å². The molecule has 0 spiro atoms. The average molecular weight is 393 g/mol. The van der Waals surface area contributed by atoms with Crippen LogP contribution in [0.15, 0.2) is 0 Å². The summed E-state index contributed by atoms with van der Waals surface area (Å²) in [6.45, 7) is 4.28. The maximum Gasteiger partial charge on any atom is 0.212 e. The molecule has 4 fully saturated rings. The number of hydrogen-bond acceptors (Lipinski definition) is 4. The van der Waals surface area contributed by atoms with Gasteiger partial charge in [0.15, 0.2) is 0 Å². The van der Waals surface area contributed by atoms with Crippen molar-refractivity contribution >= 4 is 22.4 Å². The standard InChI is InChI=1S/C18H32N2O3S.ClH/c21-24(22,15-17-5-3-16(13-17)4-6-17)19-14-18(7-11-23-12-8-18)20-9-1-2-10-20;/h16,19H,1-15H2;1H. The second-order valence-electron chi connectivity index (χ2n) is 8.76. The van der Waals surface area contributed by atoms with Crippen LogP contribution in [-0.4, -0.2) is 57.5 Å². The topological polar surface area (TPSA) is 58.6 Å². The van der Waals surface area contributed by atoms with Crippen molar-refractivity contribution < 1.29 is 13.2 Å². The molecule has 2 bridgehead atoms. The fraction of sp³-hybridized carbons (Fsp3) is 1.00. The predicted molar refractivity (Wildman–Crippen MR) is 102 cm³/mol. The van der Waals surface area contributed by atoms with Crippen LogP contribution in [0.3, 0.4) is 0 Å². The molecule has 1 N–H and O–H groups in total. The van der Waals surface area contributed by atoms with E-state index in [1.165, 1.54) is 25.7 Å². The highest BCUT2D eigenvalue weighted by Gasteiger charge is 2.48. The molecule has 4 rings (SSSR count). The van der Waals surface area contributed by atoms with Crippen LogP contribution in [0.25, 0.3) is 0 Å². The van der Waals surface area contributed by atoms with E-state index in [1.54, 1.807) is 0 Å². The molecule has 2 aliphatic heterocycles. The van der Waals surface area contributed by atoms with Gasteiger partial charge in [-0.3, -0.25) is 4.90 Å². The number of rotatable bonds is 6. The summed E-state index contributed by atoms with van der Waals surface area (Å²) in [6, 6.07) is 0. The molecule has 2 aliphatic carbocycles. The summed E-state index contributed by atoms with van der Waals surface area (Å²) in [5, 5.41) is 0. The first-order chi connectivity index (χ1) is 11.5. The molecule has 0 atom stereocenters. The van der Waals surface area contributed by atoms with Crippen LogP contribution in [0.5, 0.6) is 0 Å². The third kappa shape index (κ3) is 4.18. The van der Waals surface area contributed by atoms with Gasteiger partial charge in [-0.15, -0.1) is 12.4 Å². The van der Waals surface area contributed by atoms with Crippen LogP contribution in [0.2, 0.25) is 0 Å². The van der Waals surface area contributed by atoms with Crippen molar-refractivity contribution in [3.8, 4) is 0 Å². The van der Waals surface area contributed by atoms with Crippen molar-refractivity contribution in [1.29, 1.82) is 0 Å². The molecule has 4 aliphatic rings. The summed E-state index contributed by atoms with van der Waals surface area (Å²) in [4.78, 5) is 2.53. The Morgan fingerprint density at radius 1 is 1.04 bits per heavy atom. The highest BCUT2D eigenvalue weighted by atomic mass is 35.5. The van der Waals surface area contributed by atoms with Gasteiger partial charge in [-0.1, -0.05) is 0 Å². The van der Waals surface area contributed by atoms with Gasteiger partial charge in [0.2, 0.25) is 10.0 Å². The Bertz CT molecular complexity index is 549. The van der Waals surface area contributed by atoms with Gasteiger partial charge in [-0.05, 0) is 82.2 Å². The number of fused-ring (bicyclic) bond motifs is 2. The summed E-state index contributed by atoms with van der Waals surface area (Å²) in [5.74, 6) is 1.15. The molecule has 2 saturated heterocycles. The first-order valence-corrected chi connectivity index (χ1v) is 11.5. The lowest BCUT2D eigenvalue weighted by molar-refractivity contribution is -0.0159. The summed E-state index contributed by atoms with van der Waals surface area (Å²) < 4.78 is 34.2. The second kappa shape index (κ2) is 7.63. The van der Waals surface area contributed by atoms with Crippen molar-refractivity contribution in [2.45, 2.75) is 63.3 Å². The van der Waals surface area contributed by atoms with Gasteiger partial charge in [0.25, 0.3) is 0 Å². The largest absolute Gasteiger partial charge is 0.381 e. The van der Waals surface area contributed by atoms with E-state index in [1.807, 2.05) is 0 Å². The van der Waals surface area contributed by atoms with Crippen molar-refractivity contribution in [3.63, 3.8) is 0 Å². The Morgan fingerprint density at radius 3 is 2.24 bits per heavy atom. The summed E-state index contributed by atoms with van der Waals surface area (Å²) in [5.41, 5.74) is 0.0698. The summed E-state index contributed by atoms with van der Waals surface area (Å²) in [6.07, 6.45) is 10.2. The highest BCUT2D eigenvalue weighted by Crippen LogP contribution is 2.54. The monoisotopic (exact) mass is 392 g/mol. The van der Waals surface area contributed by atoms with Gasteiger partial charge in [-0.25, -0.2) is 13.1 Å². The minimum atomic E-state index is -3.19. The van der Waals surface area contributed by atoms with Crippen LogP contribution in [0.1, 0.15) is 57.8 Å². The molecule has 0 amide bonds. The number of hydrogen-bond donors (Lipinski definition) is 1. The van der Waals surface area contributed by atoms with Crippen LogP contribution in [0.4, 0.5) is 0 Å². The van der Waals surface area contributed by atoms with E-state index in [0.29, 0.717) is 12.3 Å². The maximum absolute atomic E-state index is 12.8. The normalized spacial score (nSPS) is 35.0. The molecule has 0 radical (unpaired) electrons. The summed E-state index contributed by atoms with van der Waals surface area (Å²) in [7, 11) is -3.19. The minimum Gasteiger partial charge on any atom is -0.381 e. The van der Waals surface area contributed by atoms with Gasteiger partial charge in [-0.2, -0.15) is 0 Å². The minimum absolute atomic E-state index is 0. The third-order valence-corrected chi connectivity index (χ3v) is 8.78. The van der Waals surface area contributed by atoms with E-state index in [4.69, 9.17) is 4.74 Å². The van der Waals surface area contributed by atoms with Crippen molar-refractivity contribution in [1.82, 2.24) is 9.62 Å². The number of likely N-dealkylation sites (tertiary alicyclic amines) is 1. The van der Waals surface area contributed by atoms with Crippen LogP contribution < -0.4 is 4.72 Å². The molecule has 25 heavy (non-hydrogen) atoms. The quantitative estimate of drug-likeness (QED) is 0.754. The Kier molecular flexibility index (Phi) is 6.06. The number of halogens is 1. The zero-order chi connectivity index (χ0) is 16.7. The molecule has 0 aromatic carbocycles. The third-order valence-electron chi connectivity index (χ3n) is 7.21. The Labute approximate surface area is 158 Å². The number of nitrogens with zero attached hydrogens (tertiary/aromatic N) is 1. The SMILES string of the molecule is Cl.O=S(=O)(CC12CCC(CC1)C2)NCC1(N2CCCC2)CCOCC1. The second-order valence-corrected chi connectivity index (χ2v) is 10.6. The molecule has 5 nitrogen and oxygen atoms in total. The van der Waals surface area contributed by atoms with Crippen LogP contribution in [0, 0.1) is 11.3 Å². The van der Waals surface area contributed by atoms with Crippen LogP contribution in [-0.2, 0) is 14.8 Å². The lowest BCUT2D eigenvalue weighted by atomic mass is 9.87. The van der Waals surface area contributed by atoms with E-state index in [2.05, 4.69) is 9.62 Å². The Balaban J connectivity index is 0.00000182. The van der Waals surface area contributed by atoms with Crippen molar-refractivity contribution in [2.24, 2.45) is 11.3 Å². The van der Waals surface area contributed by atoms with Gasteiger partial charge in [0.05, 0.1) is 5.75 Å². The predicted octanol–water partition coefficient (Wildman–Crippen LogP) is 2.55. The molecule has 0 aromatic rings. The zero-order valence-corrected chi connectivity index (χ0v) is 16.8. The molecule has 2 heterocycles. The Hall–Kier alpha value is 0.120. The average Bonchev–Trinajstić information content (AvgIpc) is 3.30. The van der Waals surface area contributed by atoms with Gasteiger partial charge in [0, 0.05) is 25.3 Å². The molecule has 0 aromatic heterocycles. The van der Waals surface area contributed by atoms with E-state index in [-0.39, 0.29) is 23.4 Å². The molecule has 7 heteroatoms. The van der Waals surface area contributed by atoms with Gasteiger partial charge >= 0.3 is 0 Å². The van der Waals surface area contributed by atoms with Crippen molar-refractivity contribution in [2.75, 3.05) is 38.6 Å². The molecule has 2 saturated carbocycles. The lowest BCUT2D eigenvalue weighted by Gasteiger charge is -2.44. The van der Waals surface area contributed by atoms with E-state index < -0.39 is 10.0 Å². The van der Waals surface area contributed by atoms with Gasteiger partial charge in [0.1, 0.15) is 0 Å². The highest BCUT2D eigenvalue weighted by molar-refractivity contribution is 7.89. The fourth-order valence-corrected chi connectivity index (χ4v) is 7.56. The lowest BCUT2D eigenvalue weighted by Crippen LogP contribution is -2.57. The smallest absolute Gasteiger partial charge is 0.212 e. The van der Waals surface area contributed by atoms with Gasteiger partial charge < -0.3 is 4.74 Å². The number of nitrogens with one attached hydrogen (secondary N) is 1. The summed E-state index contributed by atoms with van der Waals surface area (Å²) >= 11 is 0. The van der Waals surface area contributed by atoms with Crippen molar-refractivity contribution in [3.05, 3.63) is 0 Å². The molecular formula is C18H33ClN2O3S. The number of ether oxygens (including phenoxy) is 1. The van der Waals surface area contributed by atoms with E-state index in [0.717, 1.165) is 64.3 Å². The maximum atomic E-state index is 12.8. The fourth-order valence-electron chi connectivity index (χ4n) is 5.76. The van der Waals surface area contributed by atoms with Crippen LogP contribution >= 0.6 is 12.4 Å². The molecule has 146 valence electrons. The molecular weight excluding hydrogens is 360 g/mol. The first kappa shape index (κ1) is 19.9. The number of sulfonamides is 1. The first-order valence-electron chi connectivity index (χ1n) is 9.81. The zero-order valence-electron chi connectivity index (χ0n) is 15.2. The van der Waals surface area contributed by atoms with E-state index >= 15 is 0 Å². The Morgan fingerprint density at radius 2 is 1.68 bits per heavy atom. The molecule has 0 unspecified atom stereocenters.